The number of hydrazone groups is 1. The van der Waals surface area contributed by atoms with E-state index in [-0.39, 0.29) is 33.7 Å². The van der Waals surface area contributed by atoms with Crippen LogP contribution in [0, 0.1) is 11.3 Å². The number of H-pyrrole nitrogens is 1. The Morgan fingerprint density at radius 2 is 2.03 bits per heavy atom. The van der Waals surface area contributed by atoms with Crippen molar-refractivity contribution in [2.75, 3.05) is 19.6 Å². The highest BCUT2D eigenvalue weighted by molar-refractivity contribution is 6.32. The van der Waals surface area contributed by atoms with E-state index in [1.54, 1.807) is 36.4 Å². The highest BCUT2D eigenvalue weighted by Crippen LogP contribution is 2.36. The molecule has 0 spiro atoms. The van der Waals surface area contributed by atoms with Crippen LogP contribution in [0.1, 0.15) is 18.1 Å². The van der Waals surface area contributed by atoms with Gasteiger partial charge in [0.05, 0.1) is 31.2 Å². The molecule has 3 rings (SSSR count). The Balaban J connectivity index is 1.85. The Morgan fingerprint density at radius 1 is 1.29 bits per heavy atom. The molecule has 11 heteroatoms. The number of esters is 1. The predicted octanol–water partition coefficient (Wildman–Crippen LogP) is 3.36. The van der Waals surface area contributed by atoms with Crippen LogP contribution in [0.25, 0.3) is 11.3 Å². The monoisotopic (exact) mass is 481 g/mol. The number of anilines is 1. The first-order valence-electron chi connectivity index (χ1n) is 9.88. The average Bonchev–Trinajstić information content (AvgIpc) is 2.84. The molecular weight excluding hydrogens is 462 g/mol. The van der Waals surface area contributed by atoms with Gasteiger partial charge in [0.1, 0.15) is 11.6 Å². The van der Waals surface area contributed by atoms with Crippen LogP contribution >= 0.6 is 11.6 Å². The summed E-state index contributed by atoms with van der Waals surface area (Å²) >= 11 is 6.31. The normalized spacial score (nSPS) is 11.5. The van der Waals surface area contributed by atoms with E-state index in [1.807, 2.05) is 12.1 Å². The second-order valence-corrected chi connectivity index (χ2v) is 7.21. The number of nitriles is 1. The number of rotatable bonds is 8. The van der Waals surface area contributed by atoms with Crippen LogP contribution in [0.15, 0.2) is 52.4 Å². The molecule has 0 amide bonds. The first-order chi connectivity index (χ1) is 16.4. The van der Waals surface area contributed by atoms with Crippen LogP contribution in [-0.2, 0) is 9.53 Å². The first kappa shape index (κ1) is 24.3. The standard InChI is InChI=1S/C23H20ClN5O5/c1-13(22(31)33-3)34-20-17(24)9-14(10-18(20)32-2)12-26-29-23-27-19(15-7-5-4-6-8-15)16(11-25)21(30)28-23/h4-10,12-13H,1-3H3,(H2,27,28,29,30). The van der Waals surface area contributed by atoms with Crippen LogP contribution in [0.4, 0.5) is 5.95 Å². The highest BCUT2D eigenvalue weighted by atomic mass is 35.5. The number of ether oxygens (including phenoxy) is 3. The number of nitrogens with zero attached hydrogens (tertiary/aromatic N) is 3. The van der Waals surface area contributed by atoms with Crippen molar-refractivity contribution in [3.05, 3.63) is 69.0 Å². The van der Waals surface area contributed by atoms with Gasteiger partial charge in [-0.05, 0) is 24.6 Å². The van der Waals surface area contributed by atoms with E-state index in [1.165, 1.54) is 27.4 Å². The highest BCUT2D eigenvalue weighted by Gasteiger charge is 2.20. The predicted molar refractivity (Wildman–Crippen MR) is 126 cm³/mol. The maximum absolute atomic E-state index is 12.3. The molecule has 0 saturated heterocycles. The van der Waals surface area contributed by atoms with E-state index in [0.29, 0.717) is 11.1 Å². The van der Waals surface area contributed by atoms with Gasteiger partial charge < -0.3 is 14.2 Å². The van der Waals surface area contributed by atoms with Crippen molar-refractivity contribution < 1.29 is 19.0 Å². The summed E-state index contributed by atoms with van der Waals surface area (Å²) in [4.78, 5) is 30.8. The number of carbonyl (C=O) groups is 1. The number of hydrogen-bond acceptors (Lipinski definition) is 9. The molecule has 0 fully saturated rings. The summed E-state index contributed by atoms with van der Waals surface area (Å²) in [5.41, 5.74) is 3.32. The van der Waals surface area contributed by atoms with Crippen LogP contribution in [0.5, 0.6) is 11.5 Å². The fourth-order valence-corrected chi connectivity index (χ4v) is 3.19. The van der Waals surface area contributed by atoms with Gasteiger partial charge in [-0.1, -0.05) is 41.9 Å². The van der Waals surface area contributed by atoms with Gasteiger partial charge >= 0.3 is 5.97 Å². The van der Waals surface area contributed by atoms with E-state index >= 15 is 0 Å². The molecule has 2 aromatic carbocycles. The Hall–Kier alpha value is -4.36. The molecule has 1 unspecified atom stereocenters. The van der Waals surface area contributed by atoms with Crippen molar-refractivity contribution in [1.29, 1.82) is 5.26 Å². The second kappa shape index (κ2) is 11.0. The molecule has 34 heavy (non-hydrogen) atoms. The lowest BCUT2D eigenvalue weighted by molar-refractivity contribution is -0.147. The van der Waals surface area contributed by atoms with Crippen molar-refractivity contribution in [2.45, 2.75) is 13.0 Å². The van der Waals surface area contributed by atoms with Gasteiger partial charge in [0.25, 0.3) is 5.56 Å². The summed E-state index contributed by atoms with van der Waals surface area (Å²) in [5.74, 6) is -0.0606. The maximum Gasteiger partial charge on any atom is 0.346 e. The molecule has 174 valence electrons. The summed E-state index contributed by atoms with van der Waals surface area (Å²) in [6, 6.07) is 13.9. The third-order valence-corrected chi connectivity index (χ3v) is 4.82. The molecule has 0 bridgehead atoms. The molecule has 0 saturated carbocycles. The average molecular weight is 482 g/mol. The van der Waals surface area contributed by atoms with Crippen LogP contribution in [0.2, 0.25) is 5.02 Å². The van der Waals surface area contributed by atoms with E-state index < -0.39 is 17.6 Å². The number of hydrogen-bond donors (Lipinski definition) is 2. The van der Waals surface area contributed by atoms with Gasteiger partial charge in [-0.25, -0.2) is 15.2 Å². The summed E-state index contributed by atoms with van der Waals surface area (Å²) in [5, 5.41) is 13.6. The smallest absolute Gasteiger partial charge is 0.346 e. The lowest BCUT2D eigenvalue weighted by atomic mass is 10.1. The molecule has 0 aliphatic rings. The Morgan fingerprint density at radius 3 is 2.68 bits per heavy atom. The lowest BCUT2D eigenvalue weighted by Crippen LogP contribution is -2.25. The number of aromatic amines is 1. The zero-order valence-electron chi connectivity index (χ0n) is 18.5. The fraction of sp³-hybridized carbons (Fsp3) is 0.174. The molecule has 1 heterocycles. The fourth-order valence-electron chi connectivity index (χ4n) is 2.92. The quantitative estimate of drug-likeness (QED) is 0.283. The number of carbonyl (C=O) groups excluding carboxylic acids is 1. The molecule has 0 aliphatic heterocycles. The van der Waals surface area contributed by atoms with Crippen LogP contribution in [-0.4, -0.2) is 42.5 Å². The Labute approximate surface area is 199 Å². The molecule has 2 N–H and O–H groups in total. The zero-order valence-corrected chi connectivity index (χ0v) is 19.2. The van der Waals surface area contributed by atoms with Gasteiger partial charge in [-0.15, -0.1) is 0 Å². The Bertz CT molecular complexity index is 1320. The molecule has 1 atom stereocenters. The number of methoxy groups -OCH3 is 2. The van der Waals surface area contributed by atoms with Crippen molar-refractivity contribution in [3.8, 4) is 28.8 Å². The largest absolute Gasteiger partial charge is 0.493 e. The van der Waals surface area contributed by atoms with Crippen molar-refractivity contribution in [1.82, 2.24) is 9.97 Å². The van der Waals surface area contributed by atoms with Crippen LogP contribution < -0.4 is 20.5 Å². The van der Waals surface area contributed by atoms with Crippen LogP contribution in [0.3, 0.4) is 0 Å². The SMILES string of the molecule is COC(=O)C(C)Oc1c(Cl)cc(C=NNc2nc(-c3ccccc3)c(C#N)c(=O)[nH]2)cc1OC. The Kier molecular flexibility index (Phi) is 7.84. The molecule has 0 radical (unpaired) electrons. The molecule has 0 aliphatic carbocycles. The molecule has 1 aromatic heterocycles. The van der Waals surface area contributed by atoms with E-state index in [9.17, 15) is 14.9 Å². The topological polar surface area (TPSA) is 139 Å². The lowest BCUT2D eigenvalue weighted by Gasteiger charge is -2.16. The van der Waals surface area contributed by atoms with Crippen molar-refractivity contribution >= 4 is 29.7 Å². The first-order valence-corrected chi connectivity index (χ1v) is 10.3. The van der Waals surface area contributed by atoms with Gasteiger partial charge in [0.2, 0.25) is 5.95 Å². The zero-order chi connectivity index (χ0) is 24.7. The minimum atomic E-state index is -0.893. The molecule has 10 nitrogen and oxygen atoms in total. The summed E-state index contributed by atoms with van der Waals surface area (Å²) < 4.78 is 15.5. The van der Waals surface area contributed by atoms with E-state index in [2.05, 4.69) is 25.2 Å². The number of halogens is 1. The van der Waals surface area contributed by atoms with Gasteiger partial charge in [0.15, 0.2) is 17.6 Å². The summed E-state index contributed by atoms with van der Waals surface area (Å²) in [7, 11) is 2.68. The number of aromatic nitrogens is 2. The van der Waals surface area contributed by atoms with E-state index in [4.69, 9.17) is 21.1 Å². The van der Waals surface area contributed by atoms with Gasteiger partial charge in [0, 0.05) is 5.56 Å². The molecular formula is C23H20ClN5O5. The van der Waals surface area contributed by atoms with Gasteiger partial charge in [-0.2, -0.15) is 10.4 Å². The number of benzene rings is 2. The number of nitrogens with one attached hydrogen (secondary N) is 2. The third-order valence-electron chi connectivity index (χ3n) is 4.54. The summed E-state index contributed by atoms with van der Waals surface area (Å²) in [6.07, 6.45) is 0.526. The maximum atomic E-state index is 12.3. The molecule has 3 aromatic rings. The summed E-state index contributed by atoms with van der Waals surface area (Å²) in [6.45, 7) is 1.52. The second-order valence-electron chi connectivity index (χ2n) is 6.80. The minimum Gasteiger partial charge on any atom is -0.493 e. The van der Waals surface area contributed by atoms with E-state index in [0.717, 1.165) is 0 Å². The van der Waals surface area contributed by atoms with Gasteiger partial charge in [-0.3, -0.25) is 9.78 Å². The van der Waals surface area contributed by atoms with Crippen molar-refractivity contribution in [3.63, 3.8) is 0 Å². The minimum absolute atomic E-state index is 0.0454. The van der Waals surface area contributed by atoms with Crippen molar-refractivity contribution in [2.24, 2.45) is 5.10 Å². The third kappa shape index (κ3) is 5.51.